The van der Waals surface area contributed by atoms with Crippen LogP contribution in [-0.2, 0) is 14.4 Å². The predicted octanol–water partition coefficient (Wildman–Crippen LogP) is 1.74. The summed E-state index contributed by atoms with van der Waals surface area (Å²) in [5.41, 5.74) is 5.12. The molecule has 0 fully saturated rings. The number of nitrogens with two attached hydrogens (primary N) is 1. The number of fused-ring (bicyclic) bond motifs is 1. The van der Waals surface area contributed by atoms with Crippen LogP contribution in [0.5, 0.6) is 0 Å². The number of amides is 1. The second-order valence-corrected chi connectivity index (χ2v) is 5.96. The van der Waals surface area contributed by atoms with Crippen LogP contribution < -0.4 is 5.73 Å². The van der Waals surface area contributed by atoms with Gasteiger partial charge in [-0.1, -0.05) is 13.8 Å². The molecule has 0 aromatic carbocycles. The molecule has 1 amide bonds. The summed E-state index contributed by atoms with van der Waals surface area (Å²) in [6, 6.07) is 0. The van der Waals surface area contributed by atoms with Gasteiger partial charge in [-0.3, -0.25) is 14.4 Å². The molecule has 6 heteroatoms. The minimum absolute atomic E-state index is 0.0609. The number of nitrogens with zero attached hydrogens (tertiary/aromatic N) is 1. The fourth-order valence-electron chi connectivity index (χ4n) is 3.29. The molecule has 3 N–H and O–H groups in total. The number of allylic oxidation sites excluding steroid dienone is 2. The summed E-state index contributed by atoms with van der Waals surface area (Å²) in [5.74, 6) is -1.79. The first-order chi connectivity index (χ1) is 10.9. The Hall–Kier alpha value is -2.37. The van der Waals surface area contributed by atoms with Gasteiger partial charge in [-0.05, 0) is 25.0 Å². The van der Waals surface area contributed by atoms with Crippen molar-refractivity contribution in [2.24, 2.45) is 11.1 Å². The van der Waals surface area contributed by atoms with E-state index < -0.39 is 17.1 Å². The molecule has 2 aliphatic heterocycles. The molecule has 1 unspecified atom stereocenters. The van der Waals surface area contributed by atoms with E-state index in [4.69, 9.17) is 5.73 Å². The van der Waals surface area contributed by atoms with Gasteiger partial charge in [0.25, 0.3) is 5.91 Å². The molecule has 0 spiro atoms. The maximum absolute atomic E-state index is 12.4. The normalized spacial score (nSPS) is 22.9. The van der Waals surface area contributed by atoms with Crippen molar-refractivity contribution in [1.29, 1.82) is 0 Å². The SMILES string of the molecule is CCC(=O)CCC1(CC)CN2C=CC=C(O)C2=C1C(=O)C(N)=O. The van der Waals surface area contributed by atoms with E-state index in [9.17, 15) is 19.5 Å². The molecule has 0 saturated heterocycles. The fraction of sp³-hybridized carbons (Fsp3) is 0.471. The fourth-order valence-corrected chi connectivity index (χ4v) is 3.29. The highest BCUT2D eigenvalue weighted by Crippen LogP contribution is 2.48. The predicted molar refractivity (Wildman–Crippen MR) is 85.0 cm³/mol. The van der Waals surface area contributed by atoms with Crippen LogP contribution in [0.1, 0.15) is 39.5 Å². The third kappa shape index (κ3) is 2.93. The van der Waals surface area contributed by atoms with Crippen molar-refractivity contribution in [3.8, 4) is 0 Å². The summed E-state index contributed by atoms with van der Waals surface area (Å²) in [4.78, 5) is 37.4. The second-order valence-electron chi connectivity index (χ2n) is 5.96. The van der Waals surface area contributed by atoms with Gasteiger partial charge in [0.15, 0.2) is 0 Å². The first-order valence-corrected chi connectivity index (χ1v) is 7.81. The number of primary amides is 1. The van der Waals surface area contributed by atoms with Crippen molar-refractivity contribution in [1.82, 2.24) is 4.90 Å². The van der Waals surface area contributed by atoms with Crippen LogP contribution in [0.4, 0.5) is 0 Å². The molecular formula is C17H22N2O4. The Morgan fingerprint density at radius 1 is 1.35 bits per heavy atom. The minimum Gasteiger partial charge on any atom is -0.506 e. The minimum atomic E-state index is -1.05. The van der Waals surface area contributed by atoms with Crippen LogP contribution in [0.25, 0.3) is 0 Å². The largest absolute Gasteiger partial charge is 0.506 e. The number of aliphatic hydroxyl groups is 1. The topological polar surface area (TPSA) is 101 Å². The first-order valence-electron chi connectivity index (χ1n) is 7.81. The Morgan fingerprint density at radius 3 is 2.61 bits per heavy atom. The van der Waals surface area contributed by atoms with Crippen molar-refractivity contribution in [2.45, 2.75) is 39.5 Å². The molecule has 0 radical (unpaired) electrons. The Labute approximate surface area is 135 Å². The lowest BCUT2D eigenvalue weighted by atomic mass is 9.73. The van der Waals surface area contributed by atoms with E-state index in [2.05, 4.69) is 0 Å². The number of Topliss-reactive ketones (excluding diaryl/α,β-unsaturated/α-hetero) is 2. The zero-order valence-corrected chi connectivity index (χ0v) is 13.5. The molecule has 0 aromatic heterocycles. The summed E-state index contributed by atoms with van der Waals surface area (Å²) < 4.78 is 0. The average molecular weight is 318 g/mol. The zero-order chi connectivity index (χ0) is 17.2. The van der Waals surface area contributed by atoms with Crippen molar-refractivity contribution in [3.05, 3.63) is 35.4 Å². The molecular weight excluding hydrogens is 296 g/mol. The number of ketones is 2. The molecule has 124 valence electrons. The van der Waals surface area contributed by atoms with Crippen LogP contribution in [-0.4, -0.2) is 34.0 Å². The van der Waals surface area contributed by atoms with Gasteiger partial charge in [0, 0.05) is 36.6 Å². The lowest BCUT2D eigenvalue weighted by Crippen LogP contribution is -2.35. The standard InChI is InChI=1S/C17H22N2O4/c1-3-11(20)7-8-17(4-2)10-19-9-5-6-12(21)14(19)13(17)15(22)16(18)23/h5-6,9,21H,3-4,7-8,10H2,1-2H3,(H2,18,23). The van der Waals surface area contributed by atoms with Gasteiger partial charge in [0.2, 0.25) is 5.78 Å². The van der Waals surface area contributed by atoms with E-state index in [-0.39, 0.29) is 17.1 Å². The Balaban J connectivity index is 2.51. The zero-order valence-electron chi connectivity index (χ0n) is 13.5. The highest BCUT2D eigenvalue weighted by Gasteiger charge is 2.48. The quantitative estimate of drug-likeness (QED) is 0.696. The van der Waals surface area contributed by atoms with Crippen molar-refractivity contribution in [3.63, 3.8) is 0 Å². The van der Waals surface area contributed by atoms with E-state index in [1.807, 2.05) is 6.92 Å². The summed E-state index contributed by atoms with van der Waals surface area (Å²) >= 11 is 0. The maximum atomic E-state index is 12.4. The van der Waals surface area contributed by atoms with Crippen molar-refractivity contribution in [2.75, 3.05) is 6.54 Å². The lowest BCUT2D eigenvalue weighted by molar-refractivity contribution is -0.134. The van der Waals surface area contributed by atoms with Crippen LogP contribution in [0, 0.1) is 5.41 Å². The Morgan fingerprint density at radius 2 is 2.04 bits per heavy atom. The van der Waals surface area contributed by atoms with Gasteiger partial charge in [-0.2, -0.15) is 0 Å². The van der Waals surface area contributed by atoms with Gasteiger partial charge in [0.05, 0.1) is 5.70 Å². The van der Waals surface area contributed by atoms with Crippen molar-refractivity contribution >= 4 is 17.5 Å². The van der Waals surface area contributed by atoms with E-state index in [0.29, 0.717) is 37.9 Å². The van der Waals surface area contributed by atoms with Gasteiger partial charge in [-0.25, -0.2) is 0 Å². The summed E-state index contributed by atoms with van der Waals surface area (Å²) in [5, 5.41) is 10.2. The molecule has 2 heterocycles. The molecule has 23 heavy (non-hydrogen) atoms. The number of aliphatic hydroxyl groups excluding tert-OH is 1. The van der Waals surface area contributed by atoms with Gasteiger partial charge >= 0.3 is 0 Å². The van der Waals surface area contributed by atoms with E-state index in [0.717, 1.165) is 0 Å². The summed E-state index contributed by atoms with van der Waals surface area (Å²) in [6.45, 7) is 4.15. The average Bonchev–Trinajstić information content (AvgIpc) is 2.87. The third-order valence-corrected chi connectivity index (χ3v) is 4.69. The summed E-state index contributed by atoms with van der Waals surface area (Å²) in [6.07, 6.45) is 6.68. The molecule has 0 bridgehead atoms. The van der Waals surface area contributed by atoms with Crippen LogP contribution in [0.2, 0.25) is 0 Å². The van der Waals surface area contributed by atoms with Crippen molar-refractivity contribution < 1.29 is 19.5 Å². The van der Waals surface area contributed by atoms with E-state index >= 15 is 0 Å². The Bertz CT molecular complexity index is 645. The number of rotatable bonds is 7. The van der Waals surface area contributed by atoms with Gasteiger partial charge < -0.3 is 15.7 Å². The molecule has 1 atom stereocenters. The third-order valence-electron chi connectivity index (χ3n) is 4.69. The Kier molecular flexibility index (Phi) is 4.73. The summed E-state index contributed by atoms with van der Waals surface area (Å²) in [7, 11) is 0. The van der Waals surface area contributed by atoms with E-state index in [1.165, 1.54) is 6.08 Å². The number of carbonyl (C=O) groups excluding carboxylic acids is 3. The highest BCUT2D eigenvalue weighted by atomic mass is 16.3. The lowest BCUT2D eigenvalue weighted by Gasteiger charge is -2.30. The molecule has 2 rings (SSSR count). The second kappa shape index (κ2) is 6.40. The monoisotopic (exact) mass is 318 g/mol. The smallest absolute Gasteiger partial charge is 0.289 e. The first kappa shape index (κ1) is 17.0. The van der Waals surface area contributed by atoms with Crippen LogP contribution in [0.15, 0.2) is 35.4 Å². The molecule has 0 aromatic rings. The van der Waals surface area contributed by atoms with Crippen LogP contribution >= 0.6 is 0 Å². The molecule has 6 nitrogen and oxygen atoms in total. The van der Waals surface area contributed by atoms with Gasteiger partial charge in [0.1, 0.15) is 11.5 Å². The molecule has 2 aliphatic rings. The van der Waals surface area contributed by atoms with E-state index in [1.54, 1.807) is 24.1 Å². The van der Waals surface area contributed by atoms with Gasteiger partial charge in [-0.15, -0.1) is 0 Å². The molecule has 0 saturated carbocycles. The number of carbonyl (C=O) groups is 3. The number of hydrogen-bond acceptors (Lipinski definition) is 5. The number of hydrogen-bond donors (Lipinski definition) is 2. The maximum Gasteiger partial charge on any atom is 0.289 e. The molecule has 0 aliphatic carbocycles. The highest BCUT2D eigenvalue weighted by molar-refractivity contribution is 6.42. The van der Waals surface area contributed by atoms with Crippen LogP contribution in [0.3, 0.4) is 0 Å².